The van der Waals surface area contributed by atoms with Gasteiger partial charge in [-0.3, -0.25) is 4.79 Å². The van der Waals surface area contributed by atoms with E-state index in [-0.39, 0.29) is 37.0 Å². The van der Waals surface area contributed by atoms with Gasteiger partial charge in [0.05, 0.1) is 26.7 Å². The highest BCUT2D eigenvalue weighted by Crippen LogP contribution is 2.38. The van der Waals surface area contributed by atoms with Crippen molar-refractivity contribution in [2.75, 3.05) is 31.5 Å². The molecule has 0 spiro atoms. The Balaban J connectivity index is 1.39. The number of halogens is 2. The fourth-order valence-corrected chi connectivity index (χ4v) is 6.55. The van der Waals surface area contributed by atoms with Gasteiger partial charge < -0.3 is 10.2 Å². The Morgan fingerprint density at radius 3 is 2.38 bits per heavy atom. The number of aromatic nitrogens is 2. The van der Waals surface area contributed by atoms with E-state index in [1.807, 2.05) is 38.1 Å². The van der Waals surface area contributed by atoms with Crippen LogP contribution in [-0.2, 0) is 21.2 Å². The maximum atomic E-state index is 13.9. The first kappa shape index (κ1) is 25.8. The van der Waals surface area contributed by atoms with Crippen molar-refractivity contribution in [2.24, 2.45) is 0 Å². The lowest BCUT2D eigenvalue weighted by Crippen LogP contribution is -2.51. The molecule has 1 saturated heterocycles. The smallest absolute Gasteiger partial charge is 0.254 e. The first-order chi connectivity index (χ1) is 17.7. The van der Waals surface area contributed by atoms with E-state index in [4.69, 9.17) is 23.2 Å². The summed E-state index contributed by atoms with van der Waals surface area (Å²) in [6.45, 7) is 4.87. The highest BCUT2D eigenvalue weighted by atomic mass is 35.5. The van der Waals surface area contributed by atoms with Crippen LogP contribution in [0.15, 0.2) is 70.9 Å². The minimum Gasteiger partial charge on any atom is -0.344 e. The lowest BCUT2D eigenvalue weighted by Gasteiger charge is -2.37. The molecule has 0 saturated carbocycles. The van der Waals surface area contributed by atoms with Gasteiger partial charge in [-0.25, -0.2) is 13.1 Å². The monoisotopic (exact) mass is 559 g/mol. The van der Waals surface area contributed by atoms with E-state index in [0.717, 1.165) is 23.4 Å². The molecule has 37 heavy (non-hydrogen) atoms. The third-order valence-electron chi connectivity index (χ3n) is 6.89. The van der Waals surface area contributed by atoms with E-state index in [1.165, 1.54) is 4.31 Å². The Bertz CT molecular complexity index is 1480. The number of sulfonamides is 1. The number of nitrogens with zero attached hydrogens (tertiary/aromatic N) is 4. The molecular formula is C26H27Cl2N5O3S. The molecule has 2 aromatic carbocycles. The number of benzene rings is 2. The molecule has 1 aromatic heterocycles. The Morgan fingerprint density at radius 1 is 1.03 bits per heavy atom. The van der Waals surface area contributed by atoms with Crippen LogP contribution < -0.4 is 5.32 Å². The summed E-state index contributed by atoms with van der Waals surface area (Å²) in [4.78, 5) is 15.9. The number of allylic oxidation sites excluding steroid dienone is 1. The molecule has 0 radical (unpaired) electrons. The Morgan fingerprint density at radius 2 is 1.73 bits per heavy atom. The summed E-state index contributed by atoms with van der Waals surface area (Å²) < 4.78 is 29.6. The molecule has 3 heterocycles. The van der Waals surface area contributed by atoms with Gasteiger partial charge in [0.1, 0.15) is 11.9 Å². The van der Waals surface area contributed by atoms with E-state index in [0.29, 0.717) is 21.3 Å². The fourth-order valence-electron chi connectivity index (χ4n) is 4.82. The standard InChI is InChI=1S/C26H27Cl2N5O3S/c1-3-18-4-7-20(8-5-18)37(35,36)32-14-12-31(13-15-32)26(34)24-17(2)30-23-10-11-29-33(23)25(24)19-6-9-21(27)22(28)16-19/h4-11,16,25,30H,3,12-15H2,1-2H3. The number of carbonyl (C=O) groups excluding carboxylic acids is 1. The number of piperazine rings is 1. The van der Waals surface area contributed by atoms with Gasteiger partial charge >= 0.3 is 0 Å². The molecule has 2 aliphatic rings. The van der Waals surface area contributed by atoms with Crippen molar-refractivity contribution in [3.05, 3.63) is 87.2 Å². The Hall–Kier alpha value is -2.85. The van der Waals surface area contributed by atoms with Crippen LogP contribution in [0.25, 0.3) is 0 Å². The minimum atomic E-state index is -3.64. The molecule has 1 N–H and O–H groups in total. The molecule has 2 aliphatic heterocycles. The van der Waals surface area contributed by atoms with Crippen LogP contribution in [0.4, 0.5) is 5.82 Å². The van der Waals surface area contributed by atoms with E-state index in [2.05, 4.69) is 10.4 Å². The number of nitrogens with one attached hydrogen (secondary N) is 1. The largest absolute Gasteiger partial charge is 0.344 e. The zero-order valence-corrected chi connectivity index (χ0v) is 22.8. The van der Waals surface area contributed by atoms with Crippen LogP contribution in [0.3, 0.4) is 0 Å². The van der Waals surface area contributed by atoms with Gasteiger partial charge in [0, 0.05) is 37.9 Å². The minimum absolute atomic E-state index is 0.174. The summed E-state index contributed by atoms with van der Waals surface area (Å²) in [5, 5.41) is 8.54. The van der Waals surface area contributed by atoms with Crippen LogP contribution in [-0.4, -0.2) is 59.5 Å². The van der Waals surface area contributed by atoms with Gasteiger partial charge in [-0.15, -0.1) is 0 Å². The van der Waals surface area contributed by atoms with E-state index in [9.17, 15) is 13.2 Å². The second kappa shape index (κ2) is 10.1. The highest BCUT2D eigenvalue weighted by molar-refractivity contribution is 7.89. The van der Waals surface area contributed by atoms with Crippen molar-refractivity contribution in [3.8, 4) is 0 Å². The number of rotatable bonds is 5. The number of aryl methyl sites for hydroxylation is 1. The maximum Gasteiger partial charge on any atom is 0.254 e. The third-order valence-corrected chi connectivity index (χ3v) is 9.54. The number of fused-ring (bicyclic) bond motifs is 1. The first-order valence-corrected chi connectivity index (χ1v) is 14.2. The van der Waals surface area contributed by atoms with Gasteiger partial charge in [0.25, 0.3) is 5.91 Å². The van der Waals surface area contributed by atoms with Crippen LogP contribution in [0.2, 0.25) is 10.0 Å². The molecule has 0 bridgehead atoms. The highest BCUT2D eigenvalue weighted by Gasteiger charge is 2.37. The van der Waals surface area contributed by atoms with Crippen LogP contribution in [0, 0.1) is 0 Å². The van der Waals surface area contributed by atoms with Crippen LogP contribution in [0.1, 0.15) is 31.0 Å². The average Bonchev–Trinajstić information content (AvgIpc) is 3.37. The normalized spacial score (nSPS) is 18.5. The average molecular weight is 561 g/mol. The molecule has 5 rings (SSSR count). The summed E-state index contributed by atoms with van der Waals surface area (Å²) >= 11 is 12.5. The molecule has 11 heteroatoms. The molecule has 194 valence electrons. The molecule has 1 fully saturated rings. The number of anilines is 1. The van der Waals surface area contributed by atoms with E-state index < -0.39 is 16.1 Å². The molecule has 0 aliphatic carbocycles. The lowest BCUT2D eigenvalue weighted by molar-refractivity contribution is -0.128. The predicted molar refractivity (Wildman–Crippen MR) is 144 cm³/mol. The zero-order valence-electron chi connectivity index (χ0n) is 20.5. The zero-order chi connectivity index (χ0) is 26.3. The lowest BCUT2D eigenvalue weighted by atomic mass is 9.94. The van der Waals surface area contributed by atoms with Gasteiger partial charge in [-0.05, 0) is 48.7 Å². The van der Waals surface area contributed by atoms with Crippen molar-refractivity contribution >= 4 is 45.0 Å². The van der Waals surface area contributed by atoms with Crippen molar-refractivity contribution in [2.45, 2.75) is 31.2 Å². The number of carbonyl (C=O) groups is 1. The van der Waals surface area contributed by atoms with E-state index in [1.54, 1.807) is 40.0 Å². The SMILES string of the molecule is CCc1ccc(S(=O)(=O)N2CCN(C(=O)C3=C(C)Nc4ccnn4C3c3ccc(Cl)c(Cl)c3)CC2)cc1. The summed E-state index contributed by atoms with van der Waals surface area (Å²) in [6.07, 6.45) is 2.51. The topological polar surface area (TPSA) is 87.5 Å². The van der Waals surface area contributed by atoms with Crippen molar-refractivity contribution in [1.82, 2.24) is 19.0 Å². The Labute approximate surface area is 226 Å². The maximum absolute atomic E-state index is 13.9. The second-order valence-corrected chi connectivity index (χ2v) is 11.8. The molecule has 1 unspecified atom stereocenters. The summed E-state index contributed by atoms with van der Waals surface area (Å²) in [6, 6.07) is 13.6. The predicted octanol–water partition coefficient (Wildman–Crippen LogP) is 4.57. The van der Waals surface area contributed by atoms with Gasteiger partial charge in [-0.2, -0.15) is 9.40 Å². The summed E-state index contributed by atoms with van der Waals surface area (Å²) in [5.41, 5.74) is 3.09. The molecule has 3 aromatic rings. The second-order valence-electron chi connectivity index (χ2n) is 9.09. The fraction of sp³-hybridized carbons (Fsp3) is 0.308. The van der Waals surface area contributed by atoms with Gasteiger partial charge in [0.15, 0.2) is 0 Å². The summed E-state index contributed by atoms with van der Waals surface area (Å²) in [5.74, 6) is 0.585. The number of hydrogen-bond acceptors (Lipinski definition) is 5. The van der Waals surface area contributed by atoms with Crippen LogP contribution in [0.5, 0.6) is 0 Å². The van der Waals surface area contributed by atoms with Crippen molar-refractivity contribution < 1.29 is 13.2 Å². The third kappa shape index (κ3) is 4.77. The van der Waals surface area contributed by atoms with Crippen molar-refractivity contribution in [3.63, 3.8) is 0 Å². The Kier molecular flexibility index (Phi) is 7.06. The molecule has 8 nitrogen and oxygen atoms in total. The van der Waals surface area contributed by atoms with Gasteiger partial charge in [0.2, 0.25) is 10.0 Å². The first-order valence-electron chi connectivity index (χ1n) is 12.1. The van der Waals surface area contributed by atoms with Gasteiger partial charge in [-0.1, -0.05) is 48.3 Å². The summed E-state index contributed by atoms with van der Waals surface area (Å²) in [7, 11) is -3.64. The molecule has 1 atom stereocenters. The molecule has 1 amide bonds. The molecular weight excluding hydrogens is 533 g/mol. The number of amides is 1. The van der Waals surface area contributed by atoms with Crippen molar-refractivity contribution in [1.29, 1.82) is 0 Å². The van der Waals surface area contributed by atoms with E-state index >= 15 is 0 Å². The van der Waals surface area contributed by atoms with Crippen LogP contribution >= 0.6 is 23.2 Å². The quantitative estimate of drug-likeness (QED) is 0.494. The number of hydrogen-bond donors (Lipinski definition) is 1.